The molecule has 1 aliphatic heterocycles. The quantitative estimate of drug-likeness (QED) is 0.512. The van der Waals surface area contributed by atoms with Crippen LogP contribution >= 0.6 is 0 Å². The molecule has 3 atom stereocenters. The molecule has 7 nitrogen and oxygen atoms in total. The van der Waals surface area contributed by atoms with E-state index in [9.17, 15) is 23.2 Å². The highest BCUT2D eigenvalue weighted by molar-refractivity contribution is 5.86. The average molecular weight is 499 g/mol. The zero-order valence-electron chi connectivity index (χ0n) is 20.5. The highest BCUT2D eigenvalue weighted by atomic mass is 19.4. The van der Waals surface area contributed by atoms with Gasteiger partial charge in [-0.1, -0.05) is 32.9 Å². The van der Waals surface area contributed by atoms with E-state index in [1.807, 2.05) is 13.0 Å². The first-order valence-electron chi connectivity index (χ1n) is 12.2. The van der Waals surface area contributed by atoms with Crippen LogP contribution in [0.3, 0.4) is 0 Å². The molecule has 1 aliphatic rings. The third-order valence-electron chi connectivity index (χ3n) is 7.03. The molecule has 4 rings (SSSR count). The smallest absolute Gasteiger partial charge is 0.349 e. The summed E-state index contributed by atoms with van der Waals surface area (Å²) >= 11 is 0. The lowest BCUT2D eigenvalue weighted by atomic mass is 9.94. The number of aromatic amines is 1. The van der Waals surface area contributed by atoms with Crippen molar-refractivity contribution >= 4 is 16.9 Å². The molecule has 3 heterocycles. The van der Waals surface area contributed by atoms with Crippen LogP contribution in [0.15, 0.2) is 41.2 Å². The number of rotatable bonds is 6. The van der Waals surface area contributed by atoms with Gasteiger partial charge in [0.25, 0.3) is 0 Å². The van der Waals surface area contributed by atoms with Gasteiger partial charge in [0.2, 0.25) is 0 Å². The van der Waals surface area contributed by atoms with E-state index < -0.39 is 17.4 Å². The number of benzene rings is 1. The van der Waals surface area contributed by atoms with Crippen molar-refractivity contribution in [1.29, 1.82) is 5.26 Å². The predicted molar refractivity (Wildman–Crippen MR) is 132 cm³/mol. The van der Waals surface area contributed by atoms with E-state index in [1.54, 1.807) is 24.3 Å². The number of anilines is 1. The first-order valence-corrected chi connectivity index (χ1v) is 12.2. The van der Waals surface area contributed by atoms with Crippen molar-refractivity contribution in [2.75, 3.05) is 18.0 Å². The molecule has 0 spiro atoms. The van der Waals surface area contributed by atoms with Crippen LogP contribution in [0.2, 0.25) is 0 Å². The molecule has 10 heteroatoms. The molecule has 1 N–H and O–H groups in total. The number of hydrogen-bond donors (Lipinski definition) is 1. The number of H-pyrrole nitrogens is 1. The fourth-order valence-corrected chi connectivity index (χ4v) is 5.17. The van der Waals surface area contributed by atoms with Crippen molar-refractivity contribution in [1.82, 2.24) is 19.9 Å². The molecule has 2 aromatic heterocycles. The number of fused-ring (bicyclic) bond motifs is 1. The minimum absolute atomic E-state index is 0.00124. The Morgan fingerprint density at radius 2 is 1.75 bits per heavy atom. The van der Waals surface area contributed by atoms with Crippen LogP contribution in [0, 0.1) is 11.3 Å². The van der Waals surface area contributed by atoms with E-state index in [1.165, 1.54) is 0 Å². The number of piperazine rings is 1. The maximum atomic E-state index is 13.1. The standard InChI is InChI=1S/C26H29F3N6O/c1-4-19-15-35(24-23-21(32-25(36)33-24)12-11-18(13-30)31-23)20(5-2)14-34(19)22(6-3)16-7-9-17(10-8-16)26(27,28)29/h7-12,19-20,22H,4-6,14-15H2,1-3H3,(H,32,33,36)/t19-,20+,22?/m1/s1. The predicted octanol–water partition coefficient (Wildman–Crippen LogP) is 5.04. The highest BCUT2D eigenvalue weighted by Gasteiger charge is 2.38. The van der Waals surface area contributed by atoms with Crippen LogP contribution < -0.4 is 10.6 Å². The molecule has 1 aromatic carbocycles. The first kappa shape index (κ1) is 25.6. The maximum absolute atomic E-state index is 13.1. The van der Waals surface area contributed by atoms with E-state index in [-0.39, 0.29) is 23.8 Å². The Balaban J connectivity index is 1.70. The summed E-state index contributed by atoms with van der Waals surface area (Å²) in [4.78, 5) is 28.2. The molecule has 3 aromatic rings. The summed E-state index contributed by atoms with van der Waals surface area (Å²) in [5, 5.41) is 9.34. The molecular formula is C26H29F3N6O. The zero-order chi connectivity index (χ0) is 26.0. The molecule has 1 saturated heterocycles. The second-order valence-corrected chi connectivity index (χ2v) is 9.09. The summed E-state index contributed by atoms with van der Waals surface area (Å²) in [7, 11) is 0. The van der Waals surface area contributed by atoms with Crippen molar-refractivity contribution in [2.24, 2.45) is 0 Å². The molecule has 1 fully saturated rings. The van der Waals surface area contributed by atoms with Gasteiger partial charge in [0.15, 0.2) is 5.82 Å². The van der Waals surface area contributed by atoms with Crippen LogP contribution in [-0.2, 0) is 6.18 Å². The second kappa shape index (κ2) is 10.3. The molecule has 0 radical (unpaired) electrons. The van der Waals surface area contributed by atoms with Crippen LogP contribution in [0.5, 0.6) is 0 Å². The van der Waals surface area contributed by atoms with Crippen LogP contribution in [0.25, 0.3) is 11.0 Å². The van der Waals surface area contributed by atoms with Gasteiger partial charge in [0.1, 0.15) is 17.3 Å². The zero-order valence-corrected chi connectivity index (χ0v) is 20.5. The number of aromatic nitrogens is 3. The lowest BCUT2D eigenvalue weighted by Crippen LogP contribution is -2.59. The number of nitriles is 1. The van der Waals surface area contributed by atoms with Gasteiger partial charge in [0.05, 0.1) is 11.1 Å². The number of nitrogens with zero attached hydrogens (tertiary/aromatic N) is 5. The summed E-state index contributed by atoms with van der Waals surface area (Å²) in [5.41, 5.74) is 0.958. The van der Waals surface area contributed by atoms with E-state index in [0.717, 1.165) is 37.0 Å². The Labute approximate surface area is 207 Å². The lowest BCUT2D eigenvalue weighted by Gasteiger charge is -2.49. The first-order chi connectivity index (χ1) is 17.2. The Morgan fingerprint density at radius 3 is 2.33 bits per heavy atom. The van der Waals surface area contributed by atoms with E-state index in [4.69, 9.17) is 0 Å². The van der Waals surface area contributed by atoms with Gasteiger partial charge in [0, 0.05) is 31.2 Å². The highest BCUT2D eigenvalue weighted by Crippen LogP contribution is 2.36. The topological polar surface area (TPSA) is 88.9 Å². The number of pyridine rings is 1. The molecular weight excluding hydrogens is 469 g/mol. The maximum Gasteiger partial charge on any atom is 0.416 e. The van der Waals surface area contributed by atoms with Crippen molar-refractivity contribution in [3.63, 3.8) is 0 Å². The van der Waals surface area contributed by atoms with Gasteiger partial charge < -0.3 is 9.88 Å². The number of alkyl halides is 3. The minimum Gasteiger partial charge on any atom is -0.349 e. The number of hydrogen-bond acceptors (Lipinski definition) is 6. The molecule has 0 bridgehead atoms. The fraction of sp³-hybridized carbons (Fsp3) is 0.462. The molecule has 190 valence electrons. The van der Waals surface area contributed by atoms with Gasteiger partial charge in [-0.3, -0.25) is 4.90 Å². The van der Waals surface area contributed by atoms with Gasteiger partial charge in [-0.25, -0.2) is 9.78 Å². The van der Waals surface area contributed by atoms with Crippen LogP contribution in [-0.4, -0.2) is 45.0 Å². The Bertz CT molecular complexity index is 1310. The van der Waals surface area contributed by atoms with Gasteiger partial charge in [-0.05, 0) is 49.1 Å². The van der Waals surface area contributed by atoms with E-state index in [2.05, 4.69) is 38.6 Å². The largest absolute Gasteiger partial charge is 0.416 e. The number of halogens is 3. The summed E-state index contributed by atoms with van der Waals surface area (Å²) in [5.74, 6) is 0.457. The monoisotopic (exact) mass is 498 g/mol. The van der Waals surface area contributed by atoms with Gasteiger partial charge in [-0.2, -0.15) is 23.4 Å². The average Bonchev–Trinajstić information content (AvgIpc) is 2.87. The second-order valence-electron chi connectivity index (χ2n) is 9.09. The fourth-order valence-electron chi connectivity index (χ4n) is 5.17. The Morgan fingerprint density at radius 1 is 1.06 bits per heavy atom. The molecule has 36 heavy (non-hydrogen) atoms. The normalized spacial score (nSPS) is 19.9. The molecule has 0 saturated carbocycles. The summed E-state index contributed by atoms with van der Waals surface area (Å²) in [6.45, 7) is 7.42. The van der Waals surface area contributed by atoms with Crippen molar-refractivity contribution in [3.05, 3.63) is 63.7 Å². The SMILES string of the molecule is CCC(c1ccc(C(F)(F)F)cc1)N1C[C@H](CC)N(c2nc(=O)[nH]c3ccc(C#N)nc23)C[C@H]1CC. The van der Waals surface area contributed by atoms with Crippen molar-refractivity contribution in [3.8, 4) is 6.07 Å². The van der Waals surface area contributed by atoms with E-state index >= 15 is 0 Å². The van der Waals surface area contributed by atoms with Crippen LogP contribution in [0.1, 0.15) is 62.9 Å². The summed E-state index contributed by atoms with van der Waals surface area (Å²) < 4.78 is 39.3. The molecule has 1 unspecified atom stereocenters. The summed E-state index contributed by atoms with van der Waals surface area (Å²) in [6.07, 6.45) is -2.04. The lowest BCUT2D eigenvalue weighted by molar-refractivity contribution is -0.137. The molecule has 0 amide bonds. The Hall–Kier alpha value is -3.45. The van der Waals surface area contributed by atoms with Crippen LogP contribution in [0.4, 0.5) is 19.0 Å². The van der Waals surface area contributed by atoms with Gasteiger partial charge in [-0.15, -0.1) is 0 Å². The third kappa shape index (κ3) is 4.93. The van der Waals surface area contributed by atoms with Gasteiger partial charge >= 0.3 is 11.9 Å². The Kier molecular flexibility index (Phi) is 7.31. The minimum atomic E-state index is -4.37. The van der Waals surface area contributed by atoms with Crippen molar-refractivity contribution < 1.29 is 13.2 Å². The van der Waals surface area contributed by atoms with Crippen molar-refractivity contribution in [2.45, 2.75) is 64.3 Å². The number of nitrogens with one attached hydrogen (secondary N) is 1. The van der Waals surface area contributed by atoms with E-state index in [0.29, 0.717) is 29.9 Å². The molecule has 0 aliphatic carbocycles. The third-order valence-corrected chi connectivity index (χ3v) is 7.03. The summed E-state index contributed by atoms with van der Waals surface area (Å²) in [6, 6.07) is 10.8.